The van der Waals surface area contributed by atoms with Crippen LogP contribution in [0.2, 0.25) is 0 Å². The minimum absolute atomic E-state index is 0.134. The summed E-state index contributed by atoms with van der Waals surface area (Å²) in [6.45, 7) is 1.03. The summed E-state index contributed by atoms with van der Waals surface area (Å²) in [5.74, 6) is 1.19. The average molecular weight is 357 g/mol. The van der Waals surface area contributed by atoms with Gasteiger partial charge in [0.2, 0.25) is 0 Å². The Kier molecular flexibility index (Phi) is 3.95. The van der Waals surface area contributed by atoms with Crippen molar-refractivity contribution in [1.29, 1.82) is 0 Å². The fraction of sp³-hybridized carbons (Fsp3) is 0.118. The van der Waals surface area contributed by atoms with Crippen LogP contribution in [0, 0.1) is 0 Å². The van der Waals surface area contributed by atoms with E-state index in [1.165, 1.54) is 16.7 Å². The average Bonchev–Trinajstić information content (AvgIpc) is 2.89. The Hall–Kier alpha value is -2.38. The third-order valence-electron chi connectivity index (χ3n) is 3.61. The Morgan fingerprint density at radius 2 is 2.04 bits per heavy atom. The van der Waals surface area contributed by atoms with Crippen LogP contribution in [-0.2, 0) is 4.79 Å². The molecule has 0 bridgehead atoms. The molecular weight excluding hydrogens is 344 g/mol. The molecule has 0 aliphatic carbocycles. The molecule has 0 saturated carbocycles. The van der Waals surface area contributed by atoms with E-state index < -0.39 is 0 Å². The number of fused-ring (bicyclic) bond motifs is 1. The van der Waals surface area contributed by atoms with Gasteiger partial charge in [-0.05, 0) is 24.3 Å². The predicted octanol–water partition coefficient (Wildman–Crippen LogP) is 2.68. The van der Waals surface area contributed by atoms with Gasteiger partial charge in [0.25, 0.3) is 5.91 Å². The Morgan fingerprint density at radius 1 is 1.21 bits per heavy atom. The first-order valence-electron chi connectivity index (χ1n) is 7.36. The van der Waals surface area contributed by atoms with Crippen molar-refractivity contribution in [3.05, 3.63) is 53.2 Å². The Bertz CT molecular complexity index is 852. The second-order valence-electron chi connectivity index (χ2n) is 5.18. The van der Waals surface area contributed by atoms with Crippen molar-refractivity contribution in [3.63, 3.8) is 0 Å². The van der Waals surface area contributed by atoms with E-state index in [0.717, 1.165) is 5.56 Å². The van der Waals surface area contributed by atoms with E-state index >= 15 is 0 Å². The number of pyridine rings is 1. The maximum atomic E-state index is 12.8. The number of aromatic nitrogens is 1. The number of benzene rings is 1. The molecular formula is C17H13N2O3S2+. The van der Waals surface area contributed by atoms with Gasteiger partial charge in [0.15, 0.2) is 28.2 Å². The van der Waals surface area contributed by atoms with E-state index in [-0.39, 0.29) is 5.91 Å². The predicted molar refractivity (Wildman–Crippen MR) is 96.1 cm³/mol. The molecule has 0 radical (unpaired) electrons. The molecule has 0 atom stereocenters. The lowest BCUT2D eigenvalue weighted by molar-refractivity contribution is -0.378. The molecule has 3 heterocycles. The van der Waals surface area contributed by atoms with Crippen molar-refractivity contribution < 1.29 is 19.3 Å². The van der Waals surface area contributed by atoms with Crippen LogP contribution in [0.15, 0.2) is 47.6 Å². The first kappa shape index (κ1) is 15.2. The topological polar surface area (TPSA) is 52.9 Å². The monoisotopic (exact) mass is 357 g/mol. The molecule has 0 unspecified atom stereocenters. The van der Waals surface area contributed by atoms with Gasteiger partial charge in [-0.1, -0.05) is 24.0 Å². The number of nitrogens with one attached hydrogen (secondary N) is 1. The normalized spacial score (nSPS) is 18.3. The molecule has 1 fully saturated rings. The van der Waals surface area contributed by atoms with Gasteiger partial charge in [-0.3, -0.25) is 9.69 Å². The molecule has 1 amide bonds. The Balaban J connectivity index is 1.66. The van der Waals surface area contributed by atoms with Crippen LogP contribution in [0.5, 0.6) is 11.5 Å². The number of thioether (sulfide) groups is 1. The molecule has 1 saturated heterocycles. The highest BCUT2D eigenvalue weighted by Gasteiger charge is 2.34. The standard InChI is InChI=1S/C17H12N2O3S2/c20-16-15(8-11-2-1-5-18-10-11)24-17(23)19(16)12-3-4-13-14(9-12)22-7-6-21-13/h1-5,8-10H,6-7H2/p+1. The zero-order valence-electron chi connectivity index (χ0n) is 12.5. The minimum Gasteiger partial charge on any atom is -0.486 e. The molecule has 1 aromatic carbocycles. The number of thiocarbonyl (C=S) groups is 1. The van der Waals surface area contributed by atoms with Crippen molar-refractivity contribution in [1.82, 2.24) is 0 Å². The summed E-state index contributed by atoms with van der Waals surface area (Å²) < 4.78 is 11.6. The third kappa shape index (κ3) is 2.76. The van der Waals surface area contributed by atoms with E-state index in [4.69, 9.17) is 21.7 Å². The molecule has 4 rings (SSSR count). The van der Waals surface area contributed by atoms with E-state index in [2.05, 4.69) is 4.98 Å². The molecule has 2 aliphatic heterocycles. The van der Waals surface area contributed by atoms with Crippen molar-refractivity contribution >= 4 is 46.0 Å². The lowest BCUT2D eigenvalue weighted by Crippen LogP contribution is -2.27. The fourth-order valence-corrected chi connectivity index (χ4v) is 3.81. The zero-order chi connectivity index (χ0) is 16.5. The molecule has 5 nitrogen and oxygen atoms in total. The van der Waals surface area contributed by atoms with Crippen LogP contribution in [0.25, 0.3) is 6.08 Å². The van der Waals surface area contributed by atoms with Crippen molar-refractivity contribution in [2.75, 3.05) is 18.1 Å². The number of H-pyrrole nitrogens is 1. The second-order valence-corrected chi connectivity index (χ2v) is 6.86. The summed E-state index contributed by atoms with van der Waals surface area (Å²) in [6, 6.07) is 9.22. The Labute approximate surface area is 148 Å². The molecule has 7 heteroatoms. The van der Waals surface area contributed by atoms with E-state index in [0.29, 0.717) is 39.6 Å². The van der Waals surface area contributed by atoms with Crippen LogP contribution in [0.3, 0.4) is 0 Å². The lowest BCUT2D eigenvalue weighted by Gasteiger charge is -2.21. The number of hydrogen-bond acceptors (Lipinski definition) is 5. The van der Waals surface area contributed by atoms with Gasteiger partial charge < -0.3 is 9.47 Å². The van der Waals surface area contributed by atoms with Crippen molar-refractivity contribution in [2.24, 2.45) is 0 Å². The van der Waals surface area contributed by atoms with Gasteiger partial charge in [-0.25, -0.2) is 4.98 Å². The number of ether oxygens (including phenoxy) is 2. The number of nitrogens with zero attached hydrogens (tertiary/aromatic N) is 1. The van der Waals surface area contributed by atoms with Gasteiger partial charge in [0.05, 0.1) is 10.6 Å². The van der Waals surface area contributed by atoms with Crippen LogP contribution in [0.4, 0.5) is 5.69 Å². The first-order chi connectivity index (χ1) is 11.7. The number of anilines is 1. The number of aromatic amines is 1. The third-order valence-corrected chi connectivity index (χ3v) is 4.91. The maximum absolute atomic E-state index is 12.8. The number of amides is 1. The fourth-order valence-electron chi connectivity index (χ4n) is 2.51. The minimum atomic E-state index is -0.134. The van der Waals surface area contributed by atoms with E-state index in [1.807, 2.05) is 36.7 Å². The summed E-state index contributed by atoms with van der Waals surface area (Å²) in [4.78, 5) is 17.9. The van der Waals surface area contributed by atoms with Gasteiger partial charge in [-0.2, -0.15) is 0 Å². The number of carbonyl (C=O) groups excluding carboxylic acids is 1. The van der Waals surface area contributed by atoms with Crippen LogP contribution < -0.4 is 19.4 Å². The van der Waals surface area contributed by atoms with Crippen LogP contribution >= 0.6 is 24.0 Å². The molecule has 0 spiro atoms. The highest BCUT2D eigenvalue weighted by Crippen LogP contribution is 2.40. The summed E-state index contributed by atoms with van der Waals surface area (Å²) >= 11 is 6.69. The van der Waals surface area contributed by atoms with Gasteiger partial charge in [0.1, 0.15) is 13.2 Å². The molecule has 2 aliphatic rings. The van der Waals surface area contributed by atoms with Crippen LogP contribution in [0.1, 0.15) is 5.56 Å². The number of hydrogen-bond donors (Lipinski definition) is 0. The van der Waals surface area contributed by atoms with Gasteiger partial charge in [-0.15, -0.1) is 0 Å². The Morgan fingerprint density at radius 3 is 2.83 bits per heavy atom. The van der Waals surface area contributed by atoms with Crippen LogP contribution in [-0.4, -0.2) is 23.4 Å². The maximum Gasteiger partial charge on any atom is 0.270 e. The molecule has 1 aromatic heterocycles. The van der Waals surface area contributed by atoms with Gasteiger partial charge >= 0.3 is 0 Å². The summed E-state index contributed by atoms with van der Waals surface area (Å²) in [5.41, 5.74) is 1.60. The molecule has 2 aromatic rings. The zero-order valence-corrected chi connectivity index (χ0v) is 14.2. The molecule has 120 valence electrons. The van der Waals surface area contributed by atoms with Crippen molar-refractivity contribution in [2.45, 2.75) is 0 Å². The molecule has 24 heavy (non-hydrogen) atoms. The quantitative estimate of drug-likeness (QED) is 0.611. The van der Waals surface area contributed by atoms with E-state index in [9.17, 15) is 4.79 Å². The lowest BCUT2D eigenvalue weighted by atomic mass is 10.2. The first-order valence-corrected chi connectivity index (χ1v) is 8.58. The smallest absolute Gasteiger partial charge is 0.270 e. The number of carbonyl (C=O) groups is 1. The highest BCUT2D eigenvalue weighted by atomic mass is 32.2. The van der Waals surface area contributed by atoms with Gasteiger partial charge in [0, 0.05) is 17.7 Å². The largest absolute Gasteiger partial charge is 0.486 e. The second kappa shape index (κ2) is 6.26. The SMILES string of the molecule is O=C1C(=Cc2ccc[nH+]c2)SC(=S)N1c1ccc2c(c1)OCCO2. The van der Waals surface area contributed by atoms with Crippen molar-refractivity contribution in [3.8, 4) is 11.5 Å². The highest BCUT2D eigenvalue weighted by molar-refractivity contribution is 8.27. The molecule has 1 N–H and O–H groups in total. The summed E-state index contributed by atoms with van der Waals surface area (Å²) in [6.07, 6.45) is 5.47. The summed E-state index contributed by atoms with van der Waals surface area (Å²) in [7, 11) is 0. The number of rotatable bonds is 2. The van der Waals surface area contributed by atoms with E-state index in [1.54, 1.807) is 12.1 Å². The summed E-state index contributed by atoms with van der Waals surface area (Å²) in [5, 5.41) is 0.